The van der Waals surface area contributed by atoms with E-state index in [0.717, 1.165) is 35.9 Å². The molecule has 0 aliphatic heterocycles. The molecule has 0 radical (unpaired) electrons. The van der Waals surface area contributed by atoms with Gasteiger partial charge in [-0.05, 0) is 18.9 Å². The van der Waals surface area contributed by atoms with Crippen molar-refractivity contribution >= 4 is 12.0 Å². The number of rotatable bonds is 4. The molecule has 0 fully saturated rings. The van der Waals surface area contributed by atoms with Crippen molar-refractivity contribution in [2.75, 3.05) is 0 Å². The molecule has 0 saturated heterocycles. The van der Waals surface area contributed by atoms with Crippen molar-refractivity contribution in [1.29, 1.82) is 0 Å². The van der Waals surface area contributed by atoms with E-state index in [0.29, 0.717) is 0 Å². The van der Waals surface area contributed by atoms with Gasteiger partial charge in [0.05, 0.1) is 5.69 Å². The molecule has 0 unspecified atom stereocenters. The van der Waals surface area contributed by atoms with Crippen LogP contribution in [0.1, 0.15) is 30.8 Å². The molecular weight excluding hydrogens is 192 g/mol. The van der Waals surface area contributed by atoms with E-state index in [-0.39, 0.29) is 0 Å². The zero-order valence-electron chi connectivity index (χ0n) is 9.32. The van der Waals surface area contributed by atoms with Crippen molar-refractivity contribution < 1.29 is 9.90 Å². The van der Waals surface area contributed by atoms with Gasteiger partial charge in [0, 0.05) is 24.4 Å². The lowest BCUT2D eigenvalue weighted by Crippen LogP contribution is -1.97. The minimum absolute atomic E-state index is 0.813. The fraction of sp³-hybridized carbons (Fsp3) is 0.455. The van der Waals surface area contributed by atoms with Crippen LogP contribution in [0.3, 0.4) is 0 Å². The van der Waals surface area contributed by atoms with Gasteiger partial charge in [0.25, 0.3) is 0 Å². The lowest BCUT2D eigenvalue weighted by atomic mass is 10.1. The van der Waals surface area contributed by atoms with Crippen molar-refractivity contribution in [2.24, 2.45) is 7.05 Å². The smallest absolute Gasteiger partial charge is 0.328 e. The molecule has 1 heterocycles. The molecule has 0 bridgehead atoms. The number of hydrogen-bond donors (Lipinski definition) is 1. The average molecular weight is 208 g/mol. The molecule has 0 amide bonds. The van der Waals surface area contributed by atoms with E-state index in [1.165, 1.54) is 0 Å². The van der Waals surface area contributed by atoms with E-state index in [9.17, 15) is 4.79 Å². The van der Waals surface area contributed by atoms with Crippen LogP contribution >= 0.6 is 0 Å². The Morgan fingerprint density at radius 1 is 1.47 bits per heavy atom. The van der Waals surface area contributed by atoms with Crippen LogP contribution in [0.25, 0.3) is 6.08 Å². The molecule has 0 saturated carbocycles. The molecule has 0 spiro atoms. The molecule has 15 heavy (non-hydrogen) atoms. The summed E-state index contributed by atoms with van der Waals surface area (Å²) in [6.45, 7) is 4.05. The summed E-state index contributed by atoms with van der Waals surface area (Å²) in [5.74, 6) is -0.928. The Morgan fingerprint density at radius 3 is 2.60 bits per heavy atom. The van der Waals surface area contributed by atoms with Gasteiger partial charge in [-0.2, -0.15) is 5.10 Å². The van der Waals surface area contributed by atoms with E-state index in [1.807, 2.05) is 25.6 Å². The Morgan fingerprint density at radius 2 is 2.13 bits per heavy atom. The summed E-state index contributed by atoms with van der Waals surface area (Å²) < 4.78 is 1.82. The molecule has 82 valence electrons. The van der Waals surface area contributed by atoms with E-state index in [2.05, 4.69) is 5.10 Å². The lowest BCUT2D eigenvalue weighted by Gasteiger charge is -1.98. The van der Waals surface area contributed by atoms with Crippen molar-refractivity contribution in [3.63, 3.8) is 0 Å². The number of carbonyl (C=O) groups is 1. The van der Waals surface area contributed by atoms with Crippen LogP contribution in [0.5, 0.6) is 0 Å². The van der Waals surface area contributed by atoms with Crippen molar-refractivity contribution in [3.8, 4) is 0 Å². The minimum Gasteiger partial charge on any atom is -0.478 e. The molecule has 0 aromatic carbocycles. The lowest BCUT2D eigenvalue weighted by molar-refractivity contribution is -0.131. The zero-order valence-corrected chi connectivity index (χ0v) is 9.32. The average Bonchev–Trinajstić information content (AvgIpc) is 2.50. The predicted octanol–water partition coefficient (Wildman–Crippen LogP) is 1.64. The third kappa shape index (κ3) is 2.46. The number of carboxylic acid groups (broad SMARTS) is 1. The molecule has 1 rings (SSSR count). The van der Waals surface area contributed by atoms with Crippen LogP contribution in [-0.2, 0) is 24.7 Å². The molecule has 1 aromatic heterocycles. The van der Waals surface area contributed by atoms with E-state index < -0.39 is 5.97 Å². The van der Waals surface area contributed by atoms with Gasteiger partial charge < -0.3 is 5.11 Å². The first-order chi connectivity index (χ1) is 7.10. The van der Waals surface area contributed by atoms with E-state index >= 15 is 0 Å². The molecule has 4 nitrogen and oxygen atoms in total. The van der Waals surface area contributed by atoms with Crippen LogP contribution in [0.4, 0.5) is 0 Å². The maximum absolute atomic E-state index is 10.5. The highest BCUT2D eigenvalue weighted by atomic mass is 16.4. The minimum atomic E-state index is -0.928. The van der Waals surface area contributed by atoms with Crippen LogP contribution in [0.2, 0.25) is 0 Å². The second-order valence-electron chi connectivity index (χ2n) is 3.31. The topological polar surface area (TPSA) is 55.1 Å². The Labute approximate surface area is 89.2 Å². The van der Waals surface area contributed by atoms with Crippen molar-refractivity contribution in [1.82, 2.24) is 9.78 Å². The summed E-state index contributed by atoms with van der Waals surface area (Å²) in [4.78, 5) is 10.5. The Hall–Kier alpha value is -1.58. The van der Waals surface area contributed by atoms with Gasteiger partial charge in [-0.1, -0.05) is 13.8 Å². The molecule has 1 N–H and O–H groups in total. The number of aromatic nitrogens is 2. The summed E-state index contributed by atoms with van der Waals surface area (Å²) in [5.41, 5.74) is 2.97. The largest absolute Gasteiger partial charge is 0.478 e. The normalized spacial score (nSPS) is 11.1. The third-order valence-corrected chi connectivity index (χ3v) is 2.35. The highest BCUT2D eigenvalue weighted by Gasteiger charge is 2.10. The summed E-state index contributed by atoms with van der Waals surface area (Å²) in [6.07, 6.45) is 4.46. The predicted molar refractivity (Wildman–Crippen MR) is 58.6 cm³/mol. The molecule has 1 aromatic rings. The third-order valence-electron chi connectivity index (χ3n) is 2.35. The summed E-state index contributed by atoms with van der Waals surface area (Å²) >= 11 is 0. The zero-order chi connectivity index (χ0) is 11.4. The number of hydrogen-bond acceptors (Lipinski definition) is 2. The second kappa shape index (κ2) is 4.77. The van der Waals surface area contributed by atoms with Gasteiger partial charge in [-0.25, -0.2) is 4.79 Å². The summed E-state index contributed by atoms with van der Waals surface area (Å²) in [5, 5.41) is 12.9. The maximum Gasteiger partial charge on any atom is 0.328 e. The van der Waals surface area contributed by atoms with E-state index in [4.69, 9.17) is 5.11 Å². The second-order valence-corrected chi connectivity index (χ2v) is 3.31. The number of nitrogens with zero attached hydrogens (tertiary/aromatic N) is 2. The molecular formula is C11H16N2O2. The fourth-order valence-corrected chi connectivity index (χ4v) is 1.66. The first-order valence-electron chi connectivity index (χ1n) is 5.05. The van der Waals surface area contributed by atoms with Crippen molar-refractivity contribution in [2.45, 2.75) is 26.7 Å². The number of carboxylic acids is 1. The summed E-state index contributed by atoms with van der Waals surface area (Å²) in [6, 6.07) is 0. The van der Waals surface area contributed by atoms with Gasteiger partial charge in [0.1, 0.15) is 0 Å². The van der Waals surface area contributed by atoms with Gasteiger partial charge >= 0.3 is 5.97 Å². The highest BCUT2D eigenvalue weighted by Crippen LogP contribution is 2.16. The standard InChI is InChI=1S/C11H16N2O2/c1-4-9-8(6-7-11(14)15)10(5-2)13(3)12-9/h6-7H,4-5H2,1-3H3,(H,14,15)/b7-6+. The molecule has 0 atom stereocenters. The van der Waals surface area contributed by atoms with Crippen LogP contribution in [-0.4, -0.2) is 20.9 Å². The van der Waals surface area contributed by atoms with E-state index in [1.54, 1.807) is 6.08 Å². The monoisotopic (exact) mass is 208 g/mol. The van der Waals surface area contributed by atoms with Crippen LogP contribution in [0, 0.1) is 0 Å². The van der Waals surface area contributed by atoms with Gasteiger partial charge in [0.15, 0.2) is 0 Å². The van der Waals surface area contributed by atoms with Crippen molar-refractivity contribution in [3.05, 3.63) is 23.0 Å². The number of aliphatic carboxylic acids is 1. The Bertz CT molecular complexity index is 392. The van der Waals surface area contributed by atoms with Gasteiger partial charge in [-0.3, -0.25) is 4.68 Å². The quantitative estimate of drug-likeness (QED) is 0.765. The Kier molecular flexibility index (Phi) is 3.66. The van der Waals surface area contributed by atoms with Crippen LogP contribution in [0.15, 0.2) is 6.08 Å². The molecule has 4 heteroatoms. The first kappa shape index (κ1) is 11.5. The Balaban J connectivity index is 3.17. The molecule has 0 aliphatic rings. The van der Waals surface area contributed by atoms with Gasteiger partial charge in [-0.15, -0.1) is 0 Å². The summed E-state index contributed by atoms with van der Waals surface area (Å²) in [7, 11) is 1.89. The maximum atomic E-state index is 10.5. The number of aryl methyl sites for hydroxylation is 2. The molecule has 0 aliphatic carbocycles. The first-order valence-corrected chi connectivity index (χ1v) is 5.05. The van der Waals surface area contributed by atoms with Crippen LogP contribution < -0.4 is 0 Å². The fourth-order valence-electron chi connectivity index (χ4n) is 1.66. The van der Waals surface area contributed by atoms with Gasteiger partial charge in [0.2, 0.25) is 0 Å². The highest BCUT2D eigenvalue weighted by molar-refractivity contribution is 5.85. The SMILES string of the molecule is CCc1nn(C)c(CC)c1/C=C/C(=O)O.